The third-order valence-electron chi connectivity index (χ3n) is 3.12. The molecule has 1 N–H and O–H groups in total. The highest BCUT2D eigenvalue weighted by Gasteiger charge is 2.18. The maximum absolute atomic E-state index is 13.7. The number of hydrogen-bond acceptors (Lipinski definition) is 3. The summed E-state index contributed by atoms with van der Waals surface area (Å²) in [5, 5.41) is 3.91. The average Bonchev–Trinajstić information content (AvgIpc) is 2.97. The first-order valence-electron chi connectivity index (χ1n) is 6.62. The summed E-state index contributed by atoms with van der Waals surface area (Å²) >= 11 is 6.82. The van der Waals surface area contributed by atoms with Crippen molar-refractivity contribution in [3.63, 3.8) is 0 Å². The fraction of sp³-hybridized carbons (Fsp3) is 0. The van der Waals surface area contributed by atoms with Crippen LogP contribution in [0.4, 0.5) is 18.3 Å². The molecule has 0 atom stereocenters. The van der Waals surface area contributed by atoms with Crippen LogP contribution in [0.15, 0.2) is 41.8 Å². The van der Waals surface area contributed by atoms with Gasteiger partial charge < -0.3 is 0 Å². The summed E-state index contributed by atoms with van der Waals surface area (Å²) in [6.07, 6.45) is 0. The summed E-state index contributed by atoms with van der Waals surface area (Å²) in [7, 11) is 0. The minimum Gasteiger partial charge on any atom is -0.298 e. The number of halogens is 4. The standard InChI is InChI=1S/C16H8ClF3N2OS/c17-10-2-1-3-12(20)14(10)15(23)22-16-21-13(7-24-16)9-6-8(18)4-5-11(9)19/h1-7H,(H,21,22,23). The number of amides is 1. The molecule has 1 aromatic heterocycles. The van der Waals surface area contributed by atoms with Crippen molar-refractivity contribution in [3.8, 4) is 11.3 Å². The van der Waals surface area contributed by atoms with Gasteiger partial charge in [0.25, 0.3) is 5.91 Å². The van der Waals surface area contributed by atoms with Crippen molar-refractivity contribution in [2.75, 3.05) is 5.32 Å². The van der Waals surface area contributed by atoms with Gasteiger partial charge in [-0.15, -0.1) is 11.3 Å². The molecule has 0 spiro atoms. The molecule has 0 bridgehead atoms. The van der Waals surface area contributed by atoms with Gasteiger partial charge in [0.2, 0.25) is 0 Å². The number of thiazole rings is 1. The van der Waals surface area contributed by atoms with Crippen molar-refractivity contribution >= 4 is 34.0 Å². The van der Waals surface area contributed by atoms with Gasteiger partial charge >= 0.3 is 0 Å². The predicted octanol–water partition coefficient (Wildman–Crippen LogP) is 5.13. The number of aromatic nitrogens is 1. The zero-order valence-corrected chi connectivity index (χ0v) is 13.4. The van der Waals surface area contributed by atoms with E-state index in [4.69, 9.17) is 11.6 Å². The van der Waals surface area contributed by atoms with Crippen LogP contribution in [0.1, 0.15) is 10.4 Å². The molecule has 1 amide bonds. The molecule has 3 rings (SSSR count). The summed E-state index contributed by atoms with van der Waals surface area (Å²) in [5.41, 5.74) is -0.185. The minimum absolute atomic E-state index is 0.0318. The van der Waals surface area contributed by atoms with E-state index < -0.39 is 23.4 Å². The highest BCUT2D eigenvalue weighted by Crippen LogP contribution is 2.28. The van der Waals surface area contributed by atoms with Crippen LogP contribution in [0, 0.1) is 17.5 Å². The first kappa shape index (κ1) is 16.5. The summed E-state index contributed by atoms with van der Waals surface area (Å²) in [6.45, 7) is 0. The molecule has 0 fully saturated rings. The molecule has 3 aromatic rings. The van der Waals surface area contributed by atoms with Crippen LogP contribution in [0.25, 0.3) is 11.3 Å². The smallest absolute Gasteiger partial charge is 0.261 e. The molecule has 0 unspecified atom stereocenters. The predicted molar refractivity (Wildman–Crippen MR) is 86.8 cm³/mol. The lowest BCUT2D eigenvalue weighted by Gasteiger charge is -2.05. The van der Waals surface area contributed by atoms with Gasteiger partial charge in [0, 0.05) is 10.9 Å². The molecule has 0 aliphatic heterocycles. The van der Waals surface area contributed by atoms with E-state index in [1.165, 1.54) is 17.5 Å². The van der Waals surface area contributed by atoms with E-state index in [0.29, 0.717) is 0 Å². The monoisotopic (exact) mass is 368 g/mol. The molecule has 0 aliphatic rings. The molecule has 0 saturated carbocycles. The topological polar surface area (TPSA) is 42.0 Å². The van der Waals surface area contributed by atoms with Crippen LogP contribution in [0.5, 0.6) is 0 Å². The van der Waals surface area contributed by atoms with E-state index in [2.05, 4.69) is 10.3 Å². The SMILES string of the molecule is O=C(Nc1nc(-c2cc(F)ccc2F)cs1)c1c(F)cccc1Cl. The number of nitrogens with zero attached hydrogens (tertiary/aromatic N) is 1. The zero-order chi connectivity index (χ0) is 17.3. The lowest BCUT2D eigenvalue weighted by Crippen LogP contribution is -2.14. The van der Waals surface area contributed by atoms with E-state index in [0.717, 1.165) is 35.6 Å². The Morgan fingerprint density at radius 2 is 1.92 bits per heavy atom. The Morgan fingerprint density at radius 3 is 2.67 bits per heavy atom. The summed E-state index contributed by atoms with van der Waals surface area (Å²) in [5.74, 6) is -2.80. The first-order chi connectivity index (χ1) is 11.5. The second-order valence-electron chi connectivity index (χ2n) is 4.71. The quantitative estimate of drug-likeness (QED) is 0.696. The average molecular weight is 369 g/mol. The molecular weight excluding hydrogens is 361 g/mol. The van der Waals surface area contributed by atoms with Crippen molar-refractivity contribution in [1.29, 1.82) is 0 Å². The van der Waals surface area contributed by atoms with Crippen molar-refractivity contribution in [2.45, 2.75) is 0 Å². The van der Waals surface area contributed by atoms with Crippen molar-refractivity contribution in [3.05, 3.63) is 69.8 Å². The van der Waals surface area contributed by atoms with E-state index >= 15 is 0 Å². The molecule has 122 valence electrons. The maximum Gasteiger partial charge on any atom is 0.261 e. The van der Waals surface area contributed by atoms with Gasteiger partial charge in [-0.1, -0.05) is 17.7 Å². The van der Waals surface area contributed by atoms with Gasteiger partial charge in [-0.25, -0.2) is 18.2 Å². The van der Waals surface area contributed by atoms with Gasteiger partial charge in [-0.2, -0.15) is 0 Å². The summed E-state index contributed by atoms with van der Waals surface area (Å²) in [4.78, 5) is 16.1. The van der Waals surface area contributed by atoms with E-state index in [-0.39, 0.29) is 27.0 Å². The Labute approximate surface area is 143 Å². The fourth-order valence-electron chi connectivity index (χ4n) is 2.02. The first-order valence-corrected chi connectivity index (χ1v) is 7.88. The van der Waals surface area contributed by atoms with Crippen LogP contribution in [-0.2, 0) is 0 Å². The number of hydrogen-bond donors (Lipinski definition) is 1. The summed E-state index contributed by atoms with van der Waals surface area (Å²) < 4.78 is 40.7. The van der Waals surface area contributed by atoms with E-state index in [9.17, 15) is 18.0 Å². The number of rotatable bonds is 3. The molecular formula is C16H8ClF3N2OS. The van der Waals surface area contributed by atoms with E-state index in [1.54, 1.807) is 0 Å². The normalized spacial score (nSPS) is 10.7. The Hall–Kier alpha value is -2.38. The minimum atomic E-state index is -0.779. The van der Waals surface area contributed by atoms with Crippen LogP contribution in [0.2, 0.25) is 5.02 Å². The molecule has 0 radical (unpaired) electrons. The lowest BCUT2D eigenvalue weighted by molar-refractivity contribution is 0.102. The number of carbonyl (C=O) groups excluding carboxylic acids is 1. The second kappa shape index (κ2) is 6.62. The number of anilines is 1. The van der Waals surface area contributed by atoms with Crippen LogP contribution < -0.4 is 5.32 Å². The molecule has 1 heterocycles. The zero-order valence-electron chi connectivity index (χ0n) is 11.8. The van der Waals surface area contributed by atoms with Gasteiger partial charge in [-0.3, -0.25) is 10.1 Å². The van der Waals surface area contributed by atoms with Crippen molar-refractivity contribution in [2.24, 2.45) is 0 Å². The molecule has 0 aliphatic carbocycles. The fourth-order valence-corrected chi connectivity index (χ4v) is 2.98. The molecule has 3 nitrogen and oxygen atoms in total. The van der Waals surface area contributed by atoms with Gasteiger partial charge in [0.1, 0.15) is 17.5 Å². The van der Waals surface area contributed by atoms with E-state index in [1.807, 2.05) is 0 Å². The van der Waals surface area contributed by atoms with Gasteiger partial charge in [-0.05, 0) is 30.3 Å². The van der Waals surface area contributed by atoms with Gasteiger partial charge in [0.15, 0.2) is 5.13 Å². The Morgan fingerprint density at radius 1 is 1.12 bits per heavy atom. The lowest BCUT2D eigenvalue weighted by atomic mass is 10.1. The Kier molecular flexibility index (Phi) is 4.55. The largest absolute Gasteiger partial charge is 0.298 e. The maximum atomic E-state index is 13.7. The third kappa shape index (κ3) is 3.27. The number of benzene rings is 2. The number of carbonyl (C=O) groups is 1. The molecule has 0 saturated heterocycles. The van der Waals surface area contributed by atoms with Gasteiger partial charge in [0.05, 0.1) is 16.3 Å². The summed E-state index contributed by atoms with van der Waals surface area (Å²) in [6, 6.07) is 6.85. The van der Waals surface area contributed by atoms with Crippen molar-refractivity contribution < 1.29 is 18.0 Å². The van der Waals surface area contributed by atoms with Crippen LogP contribution in [-0.4, -0.2) is 10.9 Å². The van der Waals surface area contributed by atoms with Crippen LogP contribution in [0.3, 0.4) is 0 Å². The third-order valence-corrected chi connectivity index (χ3v) is 4.19. The number of nitrogens with one attached hydrogen (secondary N) is 1. The van der Waals surface area contributed by atoms with Crippen molar-refractivity contribution in [1.82, 2.24) is 4.98 Å². The Balaban J connectivity index is 1.87. The highest BCUT2D eigenvalue weighted by atomic mass is 35.5. The highest BCUT2D eigenvalue weighted by molar-refractivity contribution is 7.14. The Bertz CT molecular complexity index is 909. The second-order valence-corrected chi connectivity index (χ2v) is 5.98. The molecule has 2 aromatic carbocycles. The van der Waals surface area contributed by atoms with Crippen LogP contribution >= 0.6 is 22.9 Å². The molecule has 24 heavy (non-hydrogen) atoms. The molecule has 8 heteroatoms.